The van der Waals surface area contributed by atoms with Crippen LogP contribution in [0.3, 0.4) is 0 Å². The number of rotatable bonds is 13. The minimum atomic E-state index is -3.61. The average molecular weight is 727 g/mol. The highest BCUT2D eigenvalue weighted by molar-refractivity contribution is 7.92. The zero-order valence-electron chi connectivity index (χ0n) is 30.1. The molecule has 1 aliphatic heterocycles. The molecule has 0 aliphatic carbocycles. The van der Waals surface area contributed by atoms with E-state index in [-0.39, 0.29) is 22.9 Å². The zero-order chi connectivity index (χ0) is 37.7. The Labute approximate surface area is 305 Å². The number of hydrogen-bond donors (Lipinski definition) is 4. The molecule has 274 valence electrons. The highest BCUT2D eigenvalue weighted by Gasteiger charge is 2.54. The quantitative estimate of drug-likeness (QED) is 0.136. The number of carbonyl (C=O) groups is 3. The first-order valence-corrected chi connectivity index (χ1v) is 18.7. The summed E-state index contributed by atoms with van der Waals surface area (Å²) in [4.78, 5) is 40.2. The molecule has 0 saturated carbocycles. The number of hydrazone groups is 1. The van der Waals surface area contributed by atoms with Crippen LogP contribution in [0.4, 0.5) is 11.4 Å². The lowest BCUT2D eigenvalue weighted by molar-refractivity contribution is -0.127. The van der Waals surface area contributed by atoms with Gasteiger partial charge in [-0.2, -0.15) is 5.01 Å². The van der Waals surface area contributed by atoms with Crippen molar-refractivity contribution in [1.82, 2.24) is 16.0 Å². The fourth-order valence-electron chi connectivity index (χ4n) is 5.27. The van der Waals surface area contributed by atoms with Crippen molar-refractivity contribution in [2.24, 2.45) is 5.10 Å². The highest BCUT2D eigenvalue weighted by atomic mass is 32.2. The van der Waals surface area contributed by atoms with E-state index in [1.165, 1.54) is 19.1 Å². The summed E-state index contributed by atoms with van der Waals surface area (Å²) in [5, 5.41) is 16.4. The molecule has 4 aromatic carbocycles. The van der Waals surface area contributed by atoms with Crippen LogP contribution in [0.1, 0.15) is 50.0 Å². The molecular weight excluding hydrogens is 681 g/mol. The number of nitrogens with one attached hydrogen (secondary N) is 4. The lowest BCUT2D eigenvalue weighted by Gasteiger charge is -2.31. The number of amides is 3. The first-order valence-electron chi connectivity index (χ1n) is 17.1. The van der Waals surface area contributed by atoms with Crippen LogP contribution in [-0.2, 0) is 19.4 Å². The van der Waals surface area contributed by atoms with Crippen molar-refractivity contribution < 1.29 is 27.5 Å². The Morgan fingerprint density at radius 1 is 0.846 bits per heavy atom. The Bertz CT molecular complexity index is 1940. The molecule has 2 unspecified atom stereocenters. The second-order valence-electron chi connectivity index (χ2n) is 12.0. The Hall–Kier alpha value is -5.53. The van der Waals surface area contributed by atoms with Crippen molar-refractivity contribution in [3.05, 3.63) is 120 Å². The molecule has 0 saturated heterocycles. The average Bonchev–Trinajstić information content (AvgIpc) is 3.39. The number of ether oxygens (including phenoxy) is 1. The third kappa shape index (κ3) is 9.62. The third-order valence-electron chi connectivity index (χ3n) is 8.07. The van der Waals surface area contributed by atoms with Crippen LogP contribution < -0.4 is 31.0 Å². The van der Waals surface area contributed by atoms with E-state index in [0.717, 1.165) is 23.7 Å². The zero-order valence-corrected chi connectivity index (χ0v) is 30.9. The monoisotopic (exact) mass is 726 g/mol. The molecule has 0 spiro atoms. The van der Waals surface area contributed by atoms with Crippen LogP contribution in [-0.4, -0.2) is 62.6 Å². The van der Waals surface area contributed by atoms with Crippen LogP contribution in [0.2, 0.25) is 0 Å². The third-order valence-corrected chi connectivity index (χ3v) is 10.3. The summed E-state index contributed by atoms with van der Waals surface area (Å²) in [7, 11) is -3.61. The SMILES string of the molecule is CCC(COc1ccc(C(=O)NC2=NN(c3ccccc3)C(=O)C2(NC(C)=O)Nc2ccccc2)cc1)S(=O)(=O)c1ccc(C)cc1.CCNCC. The lowest BCUT2D eigenvalue weighted by atomic mass is 10.1. The van der Waals surface area contributed by atoms with Gasteiger partial charge in [-0.1, -0.05) is 74.9 Å². The van der Waals surface area contributed by atoms with Gasteiger partial charge in [-0.05, 0) is 87.1 Å². The van der Waals surface area contributed by atoms with Gasteiger partial charge in [0.2, 0.25) is 5.91 Å². The molecule has 0 bridgehead atoms. The van der Waals surface area contributed by atoms with Crippen LogP contribution in [0.5, 0.6) is 5.75 Å². The van der Waals surface area contributed by atoms with Gasteiger partial charge in [-0.25, -0.2) is 8.42 Å². The van der Waals surface area contributed by atoms with Crippen molar-refractivity contribution in [1.29, 1.82) is 0 Å². The molecule has 0 aromatic heterocycles. The van der Waals surface area contributed by atoms with Gasteiger partial charge in [0.15, 0.2) is 15.7 Å². The van der Waals surface area contributed by atoms with E-state index in [1.54, 1.807) is 104 Å². The van der Waals surface area contributed by atoms with Crippen LogP contribution in [0.15, 0.2) is 119 Å². The molecule has 2 atom stereocenters. The fourth-order valence-corrected chi connectivity index (χ4v) is 6.86. The predicted molar refractivity (Wildman–Crippen MR) is 204 cm³/mol. The Kier molecular flexibility index (Phi) is 13.7. The van der Waals surface area contributed by atoms with Crippen molar-refractivity contribution in [2.45, 2.75) is 56.8 Å². The van der Waals surface area contributed by atoms with Crippen molar-refractivity contribution in [2.75, 3.05) is 30.0 Å². The molecule has 0 fully saturated rings. The van der Waals surface area contributed by atoms with Crippen LogP contribution in [0, 0.1) is 6.92 Å². The molecule has 1 heterocycles. The second kappa shape index (κ2) is 18.1. The van der Waals surface area contributed by atoms with Gasteiger partial charge in [0.05, 0.1) is 15.8 Å². The van der Waals surface area contributed by atoms with Crippen LogP contribution >= 0.6 is 0 Å². The number of aryl methyl sites for hydroxylation is 1. The summed E-state index contributed by atoms with van der Waals surface area (Å²) >= 11 is 0. The summed E-state index contributed by atoms with van der Waals surface area (Å²) in [6.07, 6.45) is 0.352. The molecule has 52 heavy (non-hydrogen) atoms. The topological polar surface area (TPSA) is 158 Å². The van der Waals surface area contributed by atoms with Gasteiger partial charge in [0, 0.05) is 18.2 Å². The van der Waals surface area contributed by atoms with Gasteiger partial charge >= 0.3 is 5.91 Å². The summed E-state index contributed by atoms with van der Waals surface area (Å²) < 4.78 is 32.2. The van der Waals surface area contributed by atoms with Crippen molar-refractivity contribution in [3.8, 4) is 5.75 Å². The molecule has 3 amide bonds. The molecule has 4 N–H and O–H groups in total. The Morgan fingerprint density at radius 2 is 1.44 bits per heavy atom. The normalized spacial score (nSPS) is 15.8. The number of amidine groups is 1. The first kappa shape index (κ1) is 39.3. The molecule has 12 nitrogen and oxygen atoms in total. The van der Waals surface area contributed by atoms with Crippen molar-refractivity contribution >= 4 is 44.8 Å². The molecule has 0 radical (unpaired) electrons. The number of carbonyl (C=O) groups excluding carboxylic acids is 3. The van der Waals surface area contributed by atoms with E-state index in [9.17, 15) is 22.8 Å². The van der Waals surface area contributed by atoms with E-state index in [4.69, 9.17) is 4.74 Å². The number of anilines is 2. The highest BCUT2D eigenvalue weighted by Crippen LogP contribution is 2.28. The van der Waals surface area contributed by atoms with E-state index in [0.29, 0.717) is 23.5 Å². The standard InChI is InChI=1S/C35H35N5O6S.C4H11N/c1-4-30(47(44,45)31-21-15-24(2)16-22-31)23-46-29-19-17-26(18-20-29)32(42)36-33-35(37-25(3)41,38-27-11-7-5-8-12-27)34(43)40(39-33)28-13-9-6-10-14-28;1-3-5-4-2/h5-22,30,38H,4,23H2,1-3H3,(H,37,41)(H,36,39,42);5H,3-4H2,1-2H3. The summed E-state index contributed by atoms with van der Waals surface area (Å²) in [5.74, 6) is -1.53. The maximum absolute atomic E-state index is 14.0. The van der Waals surface area contributed by atoms with E-state index < -0.39 is 38.5 Å². The molecule has 4 aromatic rings. The molecule has 1 aliphatic rings. The molecule has 5 rings (SSSR count). The van der Waals surface area contributed by atoms with Gasteiger partial charge in [0.1, 0.15) is 12.4 Å². The summed E-state index contributed by atoms with van der Waals surface area (Å²) in [6.45, 7) is 11.3. The van der Waals surface area contributed by atoms with E-state index in [1.807, 2.05) is 6.92 Å². The maximum atomic E-state index is 14.0. The van der Waals surface area contributed by atoms with Gasteiger partial charge in [0.25, 0.3) is 11.6 Å². The first-order chi connectivity index (χ1) is 24.9. The smallest absolute Gasteiger partial charge is 0.302 e. The lowest BCUT2D eigenvalue weighted by Crippen LogP contribution is -2.67. The number of benzene rings is 4. The Morgan fingerprint density at radius 3 is 1.98 bits per heavy atom. The number of nitrogens with zero attached hydrogens (tertiary/aromatic N) is 2. The predicted octanol–water partition coefficient (Wildman–Crippen LogP) is 5.28. The minimum Gasteiger partial charge on any atom is -0.492 e. The van der Waals surface area contributed by atoms with E-state index >= 15 is 0 Å². The van der Waals surface area contributed by atoms with Gasteiger partial charge < -0.3 is 26.0 Å². The largest absolute Gasteiger partial charge is 0.492 e. The molecular formula is C39H46N6O6S. The summed E-state index contributed by atoms with van der Waals surface area (Å²) in [6, 6.07) is 30.2. The number of para-hydroxylation sites is 2. The number of sulfone groups is 1. The van der Waals surface area contributed by atoms with Crippen LogP contribution in [0.25, 0.3) is 0 Å². The molecule has 13 heteroatoms. The fraction of sp³-hybridized carbons (Fsp3) is 0.282. The maximum Gasteiger partial charge on any atom is 0.302 e. The Balaban J connectivity index is 0.00000113. The summed E-state index contributed by atoms with van der Waals surface area (Å²) in [5.41, 5.74) is 0.178. The number of hydrogen-bond acceptors (Lipinski definition) is 9. The van der Waals surface area contributed by atoms with Crippen molar-refractivity contribution in [3.63, 3.8) is 0 Å². The van der Waals surface area contributed by atoms with Gasteiger partial charge in [-0.15, -0.1) is 5.10 Å². The van der Waals surface area contributed by atoms with E-state index in [2.05, 4.69) is 40.2 Å². The minimum absolute atomic E-state index is 0.0725. The second-order valence-corrected chi connectivity index (χ2v) is 14.2. The van der Waals surface area contributed by atoms with Gasteiger partial charge in [-0.3, -0.25) is 14.4 Å².